The number of hydrogen-bond donors (Lipinski definition) is 2. The molecule has 0 spiro atoms. The van der Waals surface area contributed by atoms with E-state index in [1.165, 1.54) is 0 Å². The van der Waals surface area contributed by atoms with Gasteiger partial charge in [-0.15, -0.1) is 0 Å². The van der Waals surface area contributed by atoms with E-state index in [9.17, 15) is 4.79 Å². The zero-order valence-corrected chi connectivity index (χ0v) is 12.3. The van der Waals surface area contributed by atoms with Gasteiger partial charge in [-0.2, -0.15) is 0 Å². The highest BCUT2D eigenvalue weighted by atomic mass is 16.5. The third kappa shape index (κ3) is 3.75. The van der Waals surface area contributed by atoms with E-state index in [4.69, 9.17) is 10.5 Å². The van der Waals surface area contributed by atoms with E-state index in [0.29, 0.717) is 12.3 Å². The zero-order valence-electron chi connectivity index (χ0n) is 12.3. The zero-order chi connectivity index (χ0) is 15.2. The SMILES string of the molecule is CCOc1ccc(Nc2ccc(C(C)C=O)cc2N)cc1. The Hall–Kier alpha value is -2.49. The Bertz CT molecular complexity index is 609. The quantitative estimate of drug-likeness (QED) is 0.627. The fourth-order valence-electron chi connectivity index (χ4n) is 2.01. The largest absolute Gasteiger partial charge is 0.494 e. The predicted octanol–water partition coefficient (Wildman–Crippen LogP) is 3.71. The second kappa shape index (κ2) is 6.79. The van der Waals surface area contributed by atoms with Gasteiger partial charge in [0.05, 0.1) is 18.0 Å². The fourth-order valence-corrected chi connectivity index (χ4v) is 2.01. The van der Waals surface area contributed by atoms with Crippen LogP contribution in [-0.4, -0.2) is 12.9 Å². The number of aldehydes is 1. The molecule has 0 saturated carbocycles. The van der Waals surface area contributed by atoms with Gasteiger partial charge in [0.15, 0.2) is 0 Å². The predicted molar refractivity (Wildman–Crippen MR) is 86.2 cm³/mol. The van der Waals surface area contributed by atoms with Crippen molar-refractivity contribution in [2.24, 2.45) is 0 Å². The first kappa shape index (κ1) is 14.9. The normalized spacial score (nSPS) is 11.7. The van der Waals surface area contributed by atoms with Gasteiger partial charge in [-0.05, 0) is 48.9 Å². The lowest BCUT2D eigenvalue weighted by molar-refractivity contribution is -0.108. The molecule has 4 heteroatoms. The number of hydrogen-bond acceptors (Lipinski definition) is 4. The minimum atomic E-state index is -0.146. The molecule has 0 heterocycles. The van der Waals surface area contributed by atoms with E-state index in [2.05, 4.69) is 5.32 Å². The van der Waals surface area contributed by atoms with Crippen LogP contribution < -0.4 is 15.8 Å². The van der Waals surface area contributed by atoms with E-state index in [1.54, 1.807) is 0 Å². The van der Waals surface area contributed by atoms with Gasteiger partial charge in [0.25, 0.3) is 0 Å². The molecule has 1 unspecified atom stereocenters. The molecule has 110 valence electrons. The van der Waals surface area contributed by atoms with Crippen molar-refractivity contribution in [3.8, 4) is 5.75 Å². The Kier molecular flexibility index (Phi) is 4.82. The minimum absolute atomic E-state index is 0.146. The number of carbonyl (C=O) groups excluding carboxylic acids is 1. The van der Waals surface area contributed by atoms with E-state index in [-0.39, 0.29) is 5.92 Å². The number of nitrogens with two attached hydrogens (primary N) is 1. The summed E-state index contributed by atoms with van der Waals surface area (Å²) in [7, 11) is 0. The Morgan fingerprint density at radius 1 is 1.24 bits per heavy atom. The third-order valence-corrected chi connectivity index (χ3v) is 3.25. The molecule has 2 rings (SSSR count). The summed E-state index contributed by atoms with van der Waals surface area (Å²) in [6.45, 7) is 4.45. The van der Waals surface area contributed by atoms with Gasteiger partial charge in [-0.1, -0.05) is 13.0 Å². The molecule has 1 atom stereocenters. The molecule has 0 aromatic heterocycles. The monoisotopic (exact) mass is 284 g/mol. The molecule has 2 aromatic rings. The Morgan fingerprint density at radius 2 is 1.95 bits per heavy atom. The van der Waals surface area contributed by atoms with Crippen molar-refractivity contribution < 1.29 is 9.53 Å². The van der Waals surface area contributed by atoms with Crippen molar-refractivity contribution >= 4 is 23.3 Å². The topological polar surface area (TPSA) is 64.3 Å². The van der Waals surface area contributed by atoms with Gasteiger partial charge in [-0.25, -0.2) is 0 Å². The first-order valence-electron chi connectivity index (χ1n) is 6.98. The van der Waals surface area contributed by atoms with Crippen molar-refractivity contribution in [3.63, 3.8) is 0 Å². The lowest BCUT2D eigenvalue weighted by Crippen LogP contribution is -2.00. The van der Waals surface area contributed by atoms with Crippen LogP contribution in [0, 0.1) is 0 Å². The number of carbonyl (C=O) groups is 1. The van der Waals surface area contributed by atoms with Gasteiger partial charge < -0.3 is 20.6 Å². The van der Waals surface area contributed by atoms with E-state index in [0.717, 1.165) is 29.0 Å². The van der Waals surface area contributed by atoms with Gasteiger partial charge >= 0.3 is 0 Å². The first-order chi connectivity index (χ1) is 10.1. The van der Waals surface area contributed by atoms with Crippen LogP contribution >= 0.6 is 0 Å². The highest BCUT2D eigenvalue weighted by molar-refractivity contribution is 5.75. The van der Waals surface area contributed by atoms with Gasteiger partial charge in [-0.3, -0.25) is 0 Å². The van der Waals surface area contributed by atoms with Gasteiger partial charge in [0.1, 0.15) is 12.0 Å². The molecule has 0 aliphatic heterocycles. The molecule has 0 amide bonds. The number of nitrogen functional groups attached to an aromatic ring is 1. The molecule has 0 aliphatic rings. The van der Waals surface area contributed by atoms with Crippen LogP contribution in [0.3, 0.4) is 0 Å². The number of benzene rings is 2. The molecular formula is C17H20N2O2. The van der Waals surface area contributed by atoms with Gasteiger partial charge in [0.2, 0.25) is 0 Å². The van der Waals surface area contributed by atoms with Crippen LogP contribution in [0.15, 0.2) is 42.5 Å². The van der Waals surface area contributed by atoms with Crippen LogP contribution in [0.4, 0.5) is 17.1 Å². The smallest absolute Gasteiger partial charge is 0.127 e. The van der Waals surface area contributed by atoms with E-state index in [1.807, 2.05) is 56.3 Å². The average molecular weight is 284 g/mol. The molecule has 21 heavy (non-hydrogen) atoms. The van der Waals surface area contributed by atoms with Crippen molar-refractivity contribution in [2.45, 2.75) is 19.8 Å². The third-order valence-electron chi connectivity index (χ3n) is 3.25. The van der Waals surface area contributed by atoms with Crippen LogP contribution in [0.1, 0.15) is 25.3 Å². The first-order valence-corrected chi connectivity index (χ1v) is 6.98. The van der Waals surface area contributed by atoms with Crippen LogP contribution in [0.5, 0.6) is 5.75 Å². The Balaban J connectivity index is 2.14. The minimum Gasteiger partial charge on any atom is -0.494 e. The molecule has 0 aliphatic carbocycles. The highest BCUT2D eigenvalue weighted by Gasteiger charge is 2.07. The number of ether oxygens (including phenoxy) is 1. The maximum atomic E-state index is 10.8. The maximum Gasteiger partial charge on any atom is 0.127 e. The van der Waals surface area contributed by atoms with Crippen LogP contribution in [0.25, 0.3) is 0 Å². The summed E-state index contributed by atoms with van der Waals surface area (Å²) in [5.41, 5.74) is 9.33. The molecular weight excluding hydrogens is 264 g/mol. The summed E-state index contributed by atoms with van der Waals surface area (Å²) < 4.78 is 5.40. The summed E-state index contributed by atoms with van der Waals surface area (Å²) in [6.07, 6.45) is 0.911. The Morgan fingerprint density at radius 3 is 2.52 bits per heavy atom. The van der Waals surface area contributed by atoms with E-state index >= 15 is 0 Å². The van der Waals surface area contributed by atoms with E-state index < -0.39 is 0 Å². The summed E-state index contributed by atoms with van der Waals surface area (Å²) in [4.78, 5) is 10.8. The average Bonchev–Trinajstić information content (AvgIpc) is 2.50. The highest BCUT2D eigenvalue weighted by Crippen LogP contribution is 2.27. The summed E-state index contributed by atoms with van der Waals surface area (Å²) in [5.74, 6) is 0.693. The summed E-state index contributed by atoms with van der Waals surface area (Å²) >= 11 is 0. The number of anilines is 3. The van der Waals surface area contributed by atoms with Crippen LogP contribution in [0.2, 0.25) is 0 Å². The lowest BCUT2D eigenvalue weighted by atomic mass is 10.0. The molecule has 4 nitrogen and oxygen atoms in total. The lowest BCUT2D eigenvalue weighted by Gasteiger charge is -2.12. The molecule has 0 fully saturated rings. The van der Waals surface area contributed by atoms with Crippen molar-refractivity contribution in [2.75, 3.05) is 17.7 Å². The summed E-state index contributed by atoms with van der Waals surface area (Å²) in [5, 5.41) is 3.26. The maximum absolute atomic E-state index is 10.8. The second-order valence-electron chi connectivity index (χ2n) is 4.85. The molecule has 2 aromatic carbocycles. The van der Waals surface area contributed by atoms with Crippen LogP contribution in [-0.2, 0) is 4.79 Å². The van der Waals surface area contributed by atoms with Gasteiger partial charge in [0, 0.05) is 11.6 Å². The standard InChI is InChI=1S/C17H20N2O2/c1-3-21-15-7-5-14(6-8-15)19-17-9-4-13(10-16(17)18)12(2)11-20/h4-12,19H,3,18H2,1-2H3. The molecule has 3 N–H and O–H groups in total. The number of rotatable bonds is 6. The van der Waals surface area contributed by atoms with Crippen molar-refractivity contribution in [1.29, 1.82) is 0 Å². The number of nitrogens with one attached hydrogen (secondary N) is 1. The van der Waals surface area contributed by atoms with Crippen molar-refractivity contribution in [1.82, 2.24) is 0 Å². The fraction of sp³-hybridized carbons (Fsp3) is 0.235. The molecule has 0 bridgehead atoms. The molecule has 0 saturated heterocycles. The summed E-state index contributed by atoms with van der Waals surface area (Å²) in [6, 6.07) is 13.3. The molecule has 0 radical (unpaired) electrons. The second-order valence-corrected chi connectivity index (χ2v) is 4.85. The van der Waals surface area contributed by atoms with Crippen molar-refractivity contribution in [3.05, 3.63) is 48.0 Å². The Labute approximate surface area is 124 Å².